The van der Waals surface area contributed by atoms with Crippen molar-refractivity contribution in [1.29, 1.82) is 0 Å². The molecule has 1 amide bonds. The number of non-ortho nitro benzene ring substituents is 1. The van der Waals surface area contributed by atoms with Gasteiger partial charge in [-0.2, -0.15) is 0 Å². The largest absolute Gasteiger partial charge is 0.335 e. The first-order valence-corrected chi connectivity index (χ1v) is 6.67. The summed E-state index contributed by atoms with van der Waals surface area (Å²) >= 11 is 0. The molecule has 22 heavy (non-hydrogen) atoms. The van der Waals surface area contributed by atoms with Crippen molar-refractivity contribution in [3.63, 3.8) is 0 Å². The Hall–Kier alpha value is -2.76. The van der Waals surface area contributed by atoms with Gasteiger partial charge in [0.05, 0.1) is 11.0 Å². The number of carbonyl (C=O) groups is 1. The van der Waals surface area contributed by atoms with Gasteiger partial charge in [0.2, 0.25) is 0 Å². The van der Waals surface area contributed by atoms with Crippen LogP contribution in [0, 0.1) is 15.9 Å². The normalized spacial score (nSPS) is 11.8. The molecule has 6 heteroatoms. The molecule has 0 heterocycles. The van der Waals surface area contributed by atoms with Crippen molar-refractivity contribution in [2.24, 2.45) is 0 Å². The smallest absolute Gasteiger partial charge is 0.269 e. The van der Waals surface area contributed by atoms with Crippen molar-refractivity contribution in [2.45, 2.75) is 13.0 Å². The van der Waals surface area contributed by atoms with Gasteiger partial charge in [-0.25, -0.2) is 4.39 Å². The molecular formula is C16H15FN2O3. The highest BCUT2D eigenvalue weighted by Crippen LogP contribution is 2.24. The van der Waals surface area contributed by atoms with Crippen LogP contribution in [-0.2, 0) is 0 Å². The van der Waals surface area contributed by atoms with Crippen molar-refractivity contribution in [3.05, 3.63) is 75.6 Å². The topological polar surface area (TPSA) is 63.5 Å². The van der Waals surface area contributed by atoms with Crippen LogP contribution < -0.4 is 0 Å². The van der Waals surface area contributed by atoms with E-state index in [2.05, 4.69) is 0 Å². The van der Waals surface area contributed by atoms with Crippen LogP contribution in [0.2, 0.25) is 0 Å². The fourth-order valence-electron chi connectivity index (χ4n) is 2.09. The zero-order valence-electron chi connectivity index (χ0n) is 12.2. The van der Waals surface area contributed by atoms with E-state index >= 15 is 0 Å². The highest BCUT2D eigenvalue weighted by Gasteiger charge is 2.20. The number of hydrogen-bond acceptors (Lipinski definition) is 3. The number of halogens is 1. The lowest BCUT2D eigenvalue weighted by Crippen LogP contribution is -2.29. The van der Waals surface area contributed by atoms with E-state index in [0.29, 0.717) is 11.1 Å². The molecule has 0 fully saturated rings. The van der Waals surface area contributed by atoms with Crippen LogP contribution >= 0.6 is 0 Å². The van der Waals surface area contributed by atoms with E-state index in [1.54, 1.807) is 26.1 Å². The number of nitro groups is 1. The molecule has 0 spiro atoms. The minimum Gasteiger partial charge on any atom is -0.335 e. The second kappa shape index (κ2) is 6.34. The molecule has 2 aromatic carbocycles. The highest BCUT2D eigenvalue weighted by molar-refractivity contribution is 5.94. The zero-order valence-corrected chi connectivity index (χ0v) is 12.2. The molecule has 0 aromatic heterocycles. The van der Waals surface area contributed by atoms with E-state index in [1.165, 1.54) is 41.3 Å². The van der Waals surface area contributed by atoms with Crippen LogP contribution in [0.15, 0.2) is 48.5 Å². The molecule has 5 nitrogen and oxygen atoms in total. The molecule has 0 aliphatic carbocycles. The lowest BCUT2D eigenvalue weighted by molar-refractivity contribution is -0.384. The average molecular weight is 302 g/mol. The van der Waals surface area contributed by atoms with Crippen LogP contribution in [-0.4, -0.2) is 22.8 Å². The summed E-state index contributed by atoms with van der Waals surface area (Å²) in [5, 5.41) is 10.8. The lowest BCUT2D eigenvalue weighted by Gasteiger charge is -2.25. The third-order valence-electron chi connectivity index (χ3n) is 3.56. The molecule has 2 rings (SSSR count). The fraction of sp³-hybridized carbons (Fsp3) is 0.188. The minimum absolute atomic E-state index is 0.0213. The highest BCUT2D eigenvalue weighted by atomic mass is 19.1. The Morgan fingerprint density at radius 2 is 1.86 bits per heavy atom. The summed E-state index contributed by atoms with van der Waals surface area (Å²) in [6.07, 6.45) is 0. The molecule has 0 aliphatic rings. The Morgan fingerprint density at radius 1 is 1.23 bits per heavy atom. The Bertz CT molecular complexity index is 701. The number of amides is 1. The number of nitrogens with zero attached hydrogens (tertiary/aromatic N) is 2. The van der Waals surface area contributed by atoms with Gasteiger partial charge in [-0.1, -0.05) is 12.1 Å². The number of benzene rings is 2. The van der Waals surface area contributed by atoms with E-state index in [-0.39, 0.29) is 17.6 Å². The maximum atomic E-state index is 12.9. The molecule has 0 aliphatic heterocycles. The first-order chi connectivity index (χ1) is 10.4. The number of rotatable bonds is 4. The first kappa shape index (κ1) is 15.6. The SMILES string of the molecule is C[C@H](c1cccc([N+](=O)[O-])c1)N(C)C(=O)c1ccc(F)cc1. The van der Waals surface area contributed by atoms with Crippen molar-refractivity contribution < 1.29 is 14.1 Å². The zero-order chi connectivity index (χ0) is 16.3. The maximum absolute atomic E-state index is 12.9. The van der Waals surface area contributed by atoms with Gasteiger partial charge in [0.15, 0.2) is 0 Å². The molecular weight excluding hydrogens is 287 g/mol. The van der Waals surface area contributed by atoms with Crippen molar-refractivity contribution in [3.8, 4) is 0 Å². The van der Waals surface area contributed by atoms with Crippen LogP contribution in [0.3, 0.4) is 0 Å². The minimum atomic E-state index is -0.474. The van der Waals surface area contributed by atoms with Crippen LogP contribution in [0.25, 0.3) is 0 Å². The van der Waals surface area contributed by atoms with Crippen molar-refractivity contribution in [2.75, 3.05) is 7.05 Å². The molecule has 114 valence electrons. The summed E-state index contributed by atoms with van der Waals surface area (Å²) in [6, 6.07) is 11.1. The molecule has 0 unspecified atom stereocenters. The summed E-state index contributed by atoms with van der Waals surface area (Å²) in [6.45, 7) is 1.78. The number of hydrogen-bond donors (Lipinski definition) is 0. The van der Waals surface area contributed by atoms with Crippen LogP contribution in [0.1, 0.15) is 28.9 Å². The standard InChI is InChI=1S/C16H15FN2O3/c1-11(13-4-3-5-15(10-13)19(21)22)18(2)16(20)12-6-8-14(17)9-7-12/h3-11H,1-2H3/t11-/m1/s1. The van der Waals surface area contributed by atoms with E-state index in [9.17, 15) is 19.3 Å². The van der Waals surface area contributed by atoms with Gasteiger partial charge >= 0.3 is 0 Å². The number of nitro benzene ring substituents is 1. The predicted octanol–water partition coefficient (Wildman–Crippen LogP) is 3.57. The van der Waals surface area contributed by atoms with Gasteiger partial charge in [0.25, 0.3) is 11.6 Å². The summed E-state index contributed by atoms with van der Waals surface area (Å²) in [5.41, 5.74) is 1.00. The monoisotopic (exact) mass is 302 g/mol. The quantitative estimate of drug-likeness (QED) is 0.640. The van der Waals surface area contributed by atoms with Gasteiger partial charge in [-0.3, -0.25) is 14.9 Å². The van der Waals surface area contributed by atoms with Crippen molar-refractivity contribution in [1.82, 2.24) is 4.90 Å². The van der Waals surface area contributed by atoms with Crippen LogP contribution in [0.4, 0.5) is 10.1 Å². The second-order valence-corrected chi connectivity index (χ2v) is 4.95. The molecule has 0 radical (unpaired) electrons. The second-order valence-electron chi connectivity index (χ2n) is 4.95. The number of carbonyl (C=O) groups excluding carboxylic acids is 1. The van der Waals surface area contributed by atoms with Gasteiger partial charge in [0, 0.05) is 24.7 Å². The molecule has 1 atom stereocenters. The van der Waals surface area contributed by atoms with Gasteiger partial charge in [-0.05, 0) is 36.8 Å². The summed E-state index contributed by atoms with van der Waals surface area (Å²) in [4.78, 5) is 24.2. The van der Waals surface area contributed by atoms with E-state index in [1.807, 2.05) is 0 Å². The first-order valence-electron chi connectivity index (χ1n) is 6.67. The Kier molecular flexibility index (Phi) is 4.50. The van der Waals surface area contributed by atoms with Gasteiger partial charge in [0.1, 0.15) is 5.82 Å². The molecule has 0 saturated heterocycles. The summed E-state index contributed by atoms with van der Waals surface area (Å²) in [7, 11) is 1.61. The molecule has 0 saturated carbocycles. The lowest BCUT2D eigenvalue weighted by atomic mass is 10.1. The third kappa shape index (κ3) is 3.28. The molecule has 2 aromatic rings. The average Bonchev–Trinajstić information content (AvgIpc) is 2.53. The summed E-state index contributed by atoms with van der Waals surface area (Å²) in [5.74, 6) is -0.690. The fourth-order valence-corrected chi connectivity index (χ4v) is 2.09. The third-order valence-corrected chi connectivity index (χ3v) is 3.56. The van der Waals surface area contributed by atoms with Crippen LogP contribution in [0.5, 0.6) is 0 Å². The van der Waals surface area contributed by atoms with E-state index in [4.69, 9.17) is 0 Å². The van der Waals surface area contributed by atoms with Gasteiger partial charge < -0.3 is 4.90 Å². The van der Waals surface area contributed by atoms with Crippen molar-refractivity contribution >= 4 is 11.6 Å². The van der Waals surface area contributed by atoms with E-state index < -0.39 is 10.7 Å². The predicted molar refractivity (Wildman–Crippen MR) is 80.0 cm³/mol. The van der Waals surface area contributed by atoms with E-state index in [0.717, 1.165) is 0 Å². The Morgan fingerprint density at radius 3 is 2.45 bits per heavy atom. The Balaban J connectivity index is 2.22. The maximum Gasteiger partial charge on any atom is 0.269 e. The molecule has 0 bridgehead atoms. The summed E-state index contributed by atoms with van der Waals surface area (Å²) < 4.78 is 12.9. The molecule has 0 N–H and O–H groups in total. The van der Waals surface area contributed by atoms with Gasteiger partial charge in [-0.15, -0.1) is 0 Å². The Labute approximate surface area is 127 Å².